The Labute approximate surface area is 97.4 Å². The van der Waals surface area contributed by atoms with Crippen LogP contribution in [0.3, 0.4) is 0 Å². The highest BCUT2D eigenvalue weighted by Gasteiger charge is 2.31. The Morgan fingerprint density at radius 1 is 1.19 bits per heavy atom. The highest BCUT2D eigenvalue weighted by Crippen LogP contribution is 2.28. The van der Waals surface area contributed by atoms with Gasteiger partial charge in [-0.1, -0.05) is 12.8 Å². The van der Waals surface area contributed by atoms with E-state index < -0.39 is 11.7 Å². The van der Waals surface area contributed by atoms with E-state index in [1.165, 1.54) is 4.68 Å². The van der Waals surface area contributed by atoms with Gasteiger partial charge in [-0.15, -0.1) is 11.6 Å². The van der Waals surface area contributed by atoms with Crippen LogP contribution in [0.5, 0.6) is 0 Å². The Morgan fingerprint density at radius 2 is 1.88 bits per heavy atom. The van der Waals surface area contributed by atoms with Gasteiger partial charge in [0.05, 0.1) is 11.8 Å². The van der Waals surface area contributed by atoms with Gasteiger partial charge in [0, 0.05) is 18.6 Å². The van der Waals surface area contributed by atoms with E-state index in [1.54, 1.807) is 0 Å². The first-order valence-electron chi connectivity index (χ1n) is 5.19. The predicted molar refractivity (Wildman–Crippen MR) is 56.4 cm³/mol. The van der Waals surface area contributed by atoms with E-state index in [9.17, 15) is 13.2 Å². The van der Waals surface area contributed by atoms with Crippen LogP contribution in [-0.4, -0.2) is 15.7 Å². The van der Waals surface area contributed by atoms with Crippen molar-refractivity contribution in [3.8, 4) is 0 Å². The quantitative estimate of drug-likeness (QED) is 0.559. The fourth-order valence-electron chi connectivity index (χ4n) is 1.35. The Morgan fingerprint density at radius 3 is 2.44 bits per heavy atom. The minimum atomic E-state index is -4.29. The number of nitrogens with zero attached hydrogens (tertiary/aromatic N) is 2. The van der Waals surface area contributed by atoms with Gasteiger partial charge in [0.1, 0.15) is 0 Å². The molecule has 1 heterocycles. The van der Waals surface area contributed by atoms with Gasteiger partial charge in [-0.05, 0) is 12.8 Å². The summed E-state index contributed by atoms with van der Waals surface area (Å²) in [6.45, 7) is 0.526. The van der Waals surface area contributed by atoms with Gasteiger partial charge in [0.2, 0.25) is 0 Å². The van der Waals surface area contributed by atoms with Gasteiger partial charge in [-0.2, -0.15) is 18.3 Å². The van der Waals surface area contributed by atoms with Crippen LogP contribution in [0.1, 0.15) is 31.2 Å². The minimum absolute atomic E-state index is 0.526. The Hall–Kier alpha value is -0.710. The molecule has 0 spiro atoms. The van der Waals surface area contributed by atoms with Crippen molar-refractivity contribution in [1.82, 2.24) is 9.78 Å². The van der Waals surface area contributed by atoms with E-state index in [1.807, 2.05) is 0 Å². The van der Waals surface area contributed by atoms with E-state index >= 15 is 0 Å². The smallest absolute Gasteiger partial charge is 0.272 e. The van der Waals surface area contributed by atoms with Crippen LogP contribution >= 0.6 is 11.6 Å². The van der Waals surface area contributed by atoms with Crippen molar-refractivity contribution in [1.29, 1.82) is 0 Å². The molecule has 0 saturated heterocycles. The molecular formula is C10H14ClF3N2. The van der Waals surface area contributed by atoms with Gasteiger partial charge in [0.15, 0.2) is 0 Å². The number of rotatable bonds is 6. The summed E-state index contributed by atoms with van der Waals surface area (Å²) in [6.07, 6.45) is 1.37. The molecule has 0 bridgehead atoms. The Kier molecular flexibility index (Phi) is 5.12. The molecule has 0 saturated carbocycles. The zero-order valence-corrected chi connectivity index (χ0v) is 9.56. The lowest BCUT2D eigenvalue weighted by molar-refractivity contribution is -0.137. The SMILES string of the molecule is FC(F)(F)c1cnn(CCCCCCCl)c1. The number of alkyl halides is 4. The van der Waals surface area contributed by atoms with Crippen LogP contribution in [0.15, 0.2) is 12.4 Å². The highest BCUT2D eigenvalue weighted by molar-refractivity contribution is 6.17. The maximum atomic E-state index is 12.2. The van der Waals surface area contributed by atoms with Crippen LogP contribution < -0.4 is 0 Å². The first kappa shape index (κ1) is 13.4. The normalized spacial score (nSPS) is 12.0. The van der Waals surface area contributed by atoms with Gasteiger partial charge in [0.25, 0.3) is 0 Å². The standard InChI is InChI=1S/C10H14ClF3N2/c11-5-3-1-2-4-6-16-8-9(7-15-16)10(12,13)14/h7-8H,1-6H2. The molecule has 0 aliphatic carbocycles. The first-order valence-corrected chi connectivity index (χ1v) is 5.73. The van der Waals surface area contributed by atoms with Gasteiger partial charge < -0.3 is 0 Å². The third-order valence-corrected chi connectivity index (χ3v) is 2.50. The molecule has 0 aromatic carbocycles. The molecule has 0 aliphatic rings. The third kappa shape index (κ3) is 4.43. The fraction of sp³-hybridized carbons (Fsp3) is 0.700. The lowest BCUT2D eigenvalue weighted by Crippen LogP contribution is -2.03. The van der Waals surface area contributed by atoms with Crippen LogP contribution in [0.4, 0.5) is 13.2 Å². The second-order valence-electron chi connectivity index (χ2n) is 3.59. The van der Waals surface area contributed by atoms with Gasteiger partial charge in [-0.3, -0.25) is 4.68 Å². The van der Waals surface area contributed by atoms with E-state index in [2.05, 4.69) is 5.10 Å². The molecule has 2 nitrogen and oxygen atoms in total. The average Bonchev–Trinajstić information content (AvgIpc) is 2.65. The molecule has 0 amide bonds. The molecule has 92 valence electrons. The molecule has 6 heteroatoms. The summed E-state index contributed by atoms with van der Waals surface area (Å²) >= 11 is 5.51. The number of hydrogen-bond acceptors (Lipinski definition) is 1. The van der Waals surface area contributed by atoms with E-state index in [-0.39, 0.29) is 0 Å². The molecule has 1 rings (SSSR count). The first-order chi connectivity index (χ1) is 7.54. The lowest BCUT2D eigenvalue weighted by Gasteiger charge is -2.02. The van der Waals surface area contributed by atoms with Crippen molar-refractivity contribution in [2.75, 3.05) is 5.88 Å². The van der Waals surface area contributed by atoms with Gasteiger partial charge >= 0.3 is 6.18 Å². The van der Waals surface area contributed by atoms with Crippen molar-refractivity contribution in [3.63, 3.8) is 0 Å². The van der Waals surface area contributed by atoms with Gasteiger partial charge in [-0.25, -0.2) is 0 Å². The van der Waals surface area contributed by atoms with Crippen LogP contribution in [-0.2, 0) is 12.7 Å². The summed E-state index contributed by atoms with van der Waals surface area (Å²) in [4.78, 5) is 0. The summed E-state index contributed by atoms with van der Waals surface area (Å²) in [6, 6.07) is 0. The third-order valence-electron chi connectivity index (χ3n) is 2.23. The number of halogens is 4. The maximum absolute atomic E-state index is 12.2. The van der Waals surface area contributed by atoms with Crippen molar-refractivity contribution in [2.45, 2.75) is 38.4 Å². The molecule has 1 aromatic heterocycles. The molecule has 0 atom stereocenters. The van der Waals surface area contributed by atoms with E-state index in [4.69, 9.17) is 11.6 Å². The molecule has 0 aliphatic heterocycles. The van der Waals surface area contributed by atoms with Crippen LogP contribution in [0.2, 0.25) is 0 Å². The Balaban J connectivity index is 2.30. The zero-order valence-electron chi connectivity index (χ0n) is 8.80. The zero-order chi connectivity index (χ0) is 12.0. The lowest BCUT2D eigenvalue weighted by atomic mass is 10.2. The van der Waals surface area contributed by atoms with Crippen molar-refractivity contribution < 1.29 is 13.2 Å². The second-order valence-corrected chi connectivity index (χ2v) is 3.97. The van der Waals surface area contributed by atoms with Crippen molar-refractivity contribution in [2.24, 2.45) is 0 Å². The van der Waals surface area contributed by atoms with Crippen molar-refractivity contribution >= 4 is 11.6 Å². The molecule has 0 fully saturated rings. The average molecular weight is 255 g/mol. The minimum Gasteiger partial charge on any atom is -0.272 e. The summed E-state index contributed by atoms with van der Waals surface area (Å²) in [7, 11) is 0. The molecular weight excluding hydrogens is 241 g/mol. The molecule has 0 unspecified atom stereocenters. The fourth-order valence-corrected chi connectivity index (χ4v) is 1.54. The molecule has 1 aromatic rings. The van der Waals surface area contributed by atoms with Crippen molar-refractivity contribution in [3.05, 3.63) is 18.0 Å². The highest BCUT2D eigenvalue weighted by atomic mass is 35.5. The molecule has 0 radical (unpaired) electrons. The number of aromatic nitrogens is 2. The van der Waals surface area contributed by atoms with E-state index in [0.29, 0.717) is 12.4 Å². The predicted octanol–water partition coefficient (Wildman–Crippen LogP) is 3.70. The summed E-state index contributed by atoms with van der Waals surface area (Å²) in [5.41, 5.74) is -0.687. The van der Waals surface area contributed by atoms with Crippen LogP contribution in [0.25, 0.3) is 0 Å². The Bertz CT molecular complexity index is 309. The second kappa shape index (κ2) is 6.13. The molecule has 0 N–H and O–H groups in total. The van der Waals surface area contributed by atoms with Crippen LogP contribution in [0, 0.1) is 0 Å². The summed E-state index contributed by atoms with van der Waals surface area (Å²) in [5, 5.41) is 3.67. The number of unbranched alkanes of at least 4 members (excludes halogenated alkanes) is 3. The van der Waals surface area contributed by atoms with E-state index in [0.717, 1.165) is 38.1 Å². The largest absolute Gasteiger partial charge is 0.419 e. The molecule has 16 heavy (non-hydrogen) atoms. The monoisotopic (exact) mass is 254 g/mol. The maximum Gasteiger partial charge on any atom is 0.419 e. The number of aryl methyl sites for hydroxylation is 1. The summed E-state index contributed by atoms with van der Waals surface area (Å²) in [5.74, 6) is 0.639. The topological polar surface area (TPSA) is 17.8 Å². The number of hydrogen-bond donors (Lipinski definition) is 0. The summed E-state index contributed by atoms with van der Waals surface area (Å²) < 4.78 is 38.0.